The van der Waals surface area contributed by atoms with E-state index >= 15 is 0 Å². The van der Waals surface area contributed by atoms with Gasteiger partial charge < -0.3 is 24.8 Å². The first-order valence-electron chi connectivity index (χ1n) is 6.33. The molecule has 7 heteroatoms. The Kier molecular flexibility index (Phi) is 7.07. The Bertz CT molecular complexity index is 474. The van der Waals surface area contributed by atoms with Crippen LogP contribution in [-0.4, -0.2) is 44.7 Å². The van der Waals surface area contributed by atoms with Crippen LogP contribution in [0.4, 0.5) is 5.69 Å². The van der Waals surface area contributed by atoms with E-state index in [0.717, 1.165) is 5.69 Å². The zero-order valence-electron chi connectivity index (χ0n) is 12.5. The lowest BCUT2D eigenvalue weighted by molar-refractivity contribution is -0.116. The normalized spacial score (nSPS) is 11.9. The van der Waals surface area contributed by atoms with Crippen molar-refractivity contribution in [1.82, 2.24) is 5.32 Å². The summed E-state index contributed by atoms with van der Waals surface area (Å²) in [6, 6.07) is 6.69. The zero-order valence-corrected chi connectivity index (χ0v) is 13.3. The summed E-state index contributed by atoms with van der Waals surface area (Å²) in [5.41, 5.74) is 1.24. The molecular formula is C14H20N2O4S. The van der Waals surface area contributed by atoms with Crippen LogP contribution in [0.3, 0.4) is 0 Å². The zero-order chi connectivity index (χ0) is 15.8. The summed E-state index contributed by atoms with van der Waals surface area (Å²) in [4.78, 5) is 11.3. The highest BCUT2D eigenvalue weighted by atomic mass is 32.1. The van der Waals surface area contributed by atoms with Gasteiger partial charge in [-0.05, 0) is 43.4 Å². The number of benzene rings is 1. The van der Waals surface area contributed by atoms with Gasteiger partial charge in [0.2, 0.25) is 0 Å². The third-order valence-electron chi connectivity index (χ3n) is 2.80. The minimum absolute atomic E-state index is 0.116. The van der Waals surface area contributed by atoms with Crippen LogP contribution < -0.4 is 10.6 Å². The Morgan fingerprint density at radius 2 is 1.71 bits per heavy atom. The van der Waals surface area contributed by atoms with Crippen LogP contribution in [0.5, 0.6) is 0 Å². The molecule has 0 fully saturated rings. The summed E-state index contributed by atoms with van der Waals surface area (Å²) >= 11 is 5.21. The third kappa shape index (κ3) is 5.30. The summed E-state index contributed by atoms with van der Waals surface area (Å²) in [6.07, 6.45) is -0.397. The van der Waals surface area contributed by atoms with E-state index in [-0.39, 0.29) is 12.0 Å². The molecule has 1 aromatic rings. The molecule has 0 aromatic heterocycles. The standard InChI is InChI=1S/C14H20N2O4S/c1-9(13(19-3)20-4)15-14(21)16-11-7-5-10(6-8-11)12(17)18-2/h5-9,13H,1-4H3,(H2,15,16,21). The lowest BCUT2D eigenvalue weighted by Crippen LogP contribution is -2.44. The van der Waals surface area contributed by atoms with E-state index in [1.54, 1.807) is 38.5 Å². The molecule has 0 bridgehead atoms. The molecule has 1 rings (SSSR count). The van der Waals surface area contributed by atoms with Gasteiger partial charge in [-0.2, -0.15) is 0 Å². The molecular weight excluding hydrogens is 292 g/mol. The van der Waals surface area contributed by atoms with E-state index in [1.807, 2.05) is 6.92 Å². The average molecular weight is 312 g/mol. The number of esters is 1. The van der Waals surface area contributed by atoms with Crippen LogP contribution >= 0.6 is 12.2 Å². The maximum Gasteiger partial charge on any atom is 0.337 e. The smallest absolute Gasteiger partial charge is 0.337 e. The van der Waals surface area contributed by atoms with Gasteiger partial charge in [-0.15, -0.1) is 0 Å². The van der Waals surface area contributed by atoms with Crippen molar-refractivity contribution in [3.05, 3.63) is 29.8 Å². The van der Waals surface area contributed by atoms with Gasteiger partial charge in [0.05, 0.1) is 18.7 Å². The van der Waals surface area contributed by atoms with Gasteiger partial charge in [0.1, 0.15) is 0 Å². The molecule has 6 nitrogen and oxygen atoms in total. The number of hydrogen-bond acceptors (Lipinski definition) is 5. The van der Waals surface area contributed by atoms with Gasteiger partial charge in [0.15, 0.2) is 11.4 Å². The van der Waals surface area contributed by atoms with Crippen LogP contribution in [-0.2, 0) is 14.2 Å². The van der Waals surface area contributed by atoms with E-state index in [4.69, 9.17) is 21.7 Å². The lowest BCUT2D eigenvalue weighted by Gasteiger charge is -2.23. The molecule has 0 radical (unpaired) electrons. The van der Waals surface area contributed by atoms with Crippen molar-refractivity contribution >= 4 is 29.0 Å². The molecule has 0 aliphatic carbocycles. The fourth-order valence-electron chi connectivity index (χ4n) is 1.75. The number of carbonyl (C=O) groups is 1. The van der Waals surface area contributed by atoms with Gasteiger partial charge in [0, 0.05) is 19.9 Å². The molecule has 0 amide bonds. The number of hydrogen-bond donors (Lipinski definition) is 2. The Labute approximate surface area is 129 Å². The second kappa shape index (κ2) is 8.56. The highest BCUT2D eigenvalue weighted by Crippen LogP contribution is 2.10. The predicted molar refractivity (Wildman–Crippen MR) is 84.4 cm³/mol. The highest BCUT2D eigenvalue weighted by Gasteiger charge is 2.16. The largest absolute Gasteiger partial charge is 0.465 e. The van der Waals surface area contributed by atoms with Crippen molar-refractivity contribution < 1.29 is 19.0 Å². The molecule has 0 saturated carbocycles. The van der Waals surface area contributed by atoms with Crippen molar-refractivity contribution in [2.45, 2.75) is 19.3 Å². The SMILES string of the molecule is COC(=O)c1ccc(NC(=S)NC(C)C(OC)OC)cc1. The van der Waals surface area contributed by atoms with Crippen molar-refractivity contribution in [1.29, 1.82) is 0 Å². The third-order valence-corrected chi connectivity index (χ3v) is 3.02. The Morgan fingerprint density at radius 3 is 2.19 bits per heavy atom. The van der Waals surface area contributed by atoms with Crippen molar-refractivity contribution in [3.63, 3.8) is 0 Å². The van der Waals surface area contributed by atoms with Crippen LogP contribution in [0, 0.1) is 0 Å². The van der Waals surface area contributed by atoms with Crippen molar-refractivity contribution in [3.8, 4) is 0 Å². The molecule has 0 saturated heterocycles. The van der Waals surface area contributed by atoms with Gasteiger partial charge >= 0.3 is 5.97 Å². The minimum Gasteiger partial charge on any atom is -0.465 e. The molecule has 2 N–H and O–H groups in total. The molecule has 116 valence electrons. The molecule has 0 heterocycles. The highest BCUT2D eigenvalue weighted by molar-refractivity contribution is 7.80. The summed E-state index contributed by atoms with van der Waals surface area (Å²) in [5, 5.41) is 6.51. The molecule has 0 aliphatic rings. The first-order chi connectivity index (χ1) is 10.0. The van der Waals surface area contributed by atoms with Crippen LogP contribution in [0.2, 0.25) is 0 Å². The van der Waals surface area contributed by atoms with E-state index in [1.165, 1.54) is 7.11 Å². The average Bonchev–Trinajstić information content (AvgIpc) is 2.48. The van der Waals surface area contributed by atoms with Gasteiger partial charge in [-0.1, -0.05) is 0 Å². The number of anilines is 1. The maximum atomic E-state index is 11.3. The molecule has 1 aromatic carbocycles. The van der Waals surface area contributed by atoms with Crippen molar-refractivity contribution in [2.75, 3.05) is 26.6 Å². The molecule has 0 aliphatic heterocycles. The number of ether oxygens (including phenoxy) is 3. The van der Waals surface area contributed by atoms with E-state index < -0.39 is 6.29 Å². The van der Waals surface area contributed by atoms with E-state index in [0.29, 0.717) is 10.7 Å². The van der Waals surface area contributed by atoms with Crippen LogP contribution in [0.25, 0.3) is 0 Å². The van der Waals surface area contributed by atoms with Crippen LogP contribution in [0.1, 0.15) is 17.3 Å². The summed E-state index contributed by atoms with van der Waals surface area (Å²) in [6.45, 7) is 1.89. The number of rotatable bonds is 6. The maximum absolute atomic E-state index is 11.3. The van der Waals surface area contributed by atoms with E-state index in [9.17, 15) is 4.79 Å². The molecule has 1 unspecified atom stereocenters. The predicted octanol–water partition coefficient (Wildman–Crippen LogP) is 1.77. The summed E-state index contributed by atoms with van der Waals surface area (Å²) in [5.74, 6) is -0.376. The Hall–Kier alpha value is -1.70. The first kappa shape index (κ1) is 17.4. The topological polar surface area (TPSA) is 68.8 Å². The first-order valence-corrected chi connectivity index (χ1v) is 6.74. The van der Waals surface area contributed by atoms with E-state index in [2.05, 4.69) is 15.4 Å². The monoisotopic (exact) mass is 312 g/mol. The van der Waals surface area contributed by atoms with Crippen molar-refractivity contribution in [2.24, 2.45) is 0 Å². The minimum atomic E-state index is -0.397. The number of nitrogens with one attached hydrogen (secondary N) is 2. The fourth-order valence-corrected chi connectivity index (χ4v) is 2.06. The van der Waals surface area contributed by atoms with Gasteiger partial charge in [-0.3, -0.25) is 0 Å². The molecule has 1 atom stereocenters. The number of carbonyl (C=O) groups excluding carboxylic acids is 1. The second-order valence-corrected chi connectivity index (χ2v) is 4.70. The number of thiocarbonyl (C=S) groups is 1. The fraction of sp³-hybridized carbons (Fsp3) is 0.429. The Morgan fingerprint density at radius 1 is 1.14 bits per heavy atom. The van der Waals surface area contributed by atoms with Gasteiger partial charge in [0.25, 0.3) is 0 Å². The quantitative estimate of drug-likeness (QED) is 0.471. The number of methoxy groups -OCH3 is 3. The molecule has 21 heavy (non-hydrogen) atoms. The lowest BCUT2D eigenvalue weighted by atomic mass is 10.2. The summed E-state index contributed by atoms with van der Waals surface area (Å²) < 4.78 is 14.9. The Balaban J connectivity index is 2.57. The van der Waals surface area contributed by atoms with Crippen LogP contribution in [0.15, 0.2) is 24.3 Å². The summed E-state index contributed by atoms with van der Waals surface area (Å²) in [7, 11) is 4.47. The molecule has 0 spiro atoms. The van der Waals surface area contributed by atoms with Gasteiger partial charge in [-0.25, -0.2) is 4.79 Å². The second-order valence-electron chi connectivity index (χ2n) is 4.30.